The van der Waals surface area contributed by atoms with E-state index in [1.807, 2.05) is 0 Å². The van der Waals surface area contributed by atoms with Crippen LogP contribution in [0, 0.1) is 12.8 Å². The zero-order valence-corrected chi connectivity index (χ0v) is 14.2. The van der Waals surface area contributed by atoms with Gasteiger partial charge < -0.3 is 24.2 Å². The number of rotatable bonds is 5. The number of aromatic nitrogens is 1. The van der Waals surface area contributed by atoms with Crippen LogP contribution >= 0.6 is 0 Å². The van der Waals surface area contributed by atoms with Crippen molar-refractivity contribution in [3.8, 4) is 11.5 Å². The highest BCUT2D eigenvalue weighted by molar-refractivity contribution is 6.04. The lowest BCUT2D eigenvalue weighted by Gasteiger charge is -2.20. The molecule has 0 bridgehead atoms. The number of benzene rings is 1. The Morgan fingerprint density at radius 1 is 1.32 bits per heavy atom. The fourth-order valence-corrected chi connectivity index (χ4v) is 2.78. The van der Waals surface area contributed by atoms with Crippen molar-refractivity contribution in [2.45, 2.75) is 13.3 Å². The van der Waals surface area contributed by atoms with Gasteiger partial charge in [0.25, 0.3) is 0 Å². The second kappa shape index (κ2) is 6.84. The van der Waals surface area contributed by atoms with E-state index < -0.39 is 5.92 Å². The number of hydrogen-bond acceptors (Lipinski definition) is 6. The largest absolute Gasteiger partial charge is 0.497 e. The molecule has 3 rings (SSSR count). The van der Waals surface area contributed by atoms with Crippen molar-refractivity contribution in [3.63, 3.8) is 0 Å². The quantitative estimate of drug-likeness (QED) is 0.891. The van der Waals surface area contributed by atoms with Gasteiger partial charge in [-0.25, -0.2) is 0 Å². The van der Waals surface area contributed by atoms with Gasteiger partial charge in [0, 0.05) is 25.1 Å². The minimum atomic E-state index is -0.476. The molecular formula is C17H19N3O5. The summed E-state index contributed by atoms with van der Waals surface area (Å²) in [7, 11) is 3.08. The molecule has 2 heterocycles. The Labute approximate surface area is 144 Å². The maximum atomic E-state index is 12.4. The molecule has 1 unspecified atom stereocenters. The summed E-state index contributed by atoms with van der Waals surface area (Å²) in [5, 5.41) is 6.40. The van der Waals surface area contributed by atoms with Crippen LogP contribution in [0.25, 0.3) is 0 Å². The van der Waals surface area contributed by atoms with E-state index in [1.54, 1.807) is 43.2 Å². The number of hydrogen-bond donors (Lipinski definition) is 1. The number of ether oxygens (including phenoxy) is 2. The first-order valence-electron chi connectivity index (χ1n) is 7.78. The van der Waals surface area contributed by atoms with Crippen LogP contribution < -0.4 is 19.7 Å². The smallest absolute Gasteiger partial charge is 0.231 e. The van der Waals surface area contributed by atoms with Gasteiger partial charge in [-0.2, -0.15) is 0 Å². The minimum Gasteiger partial charge on any atom is -0.497 e. The molecule has 0 spiro atoms. The minimum absolute atomic E-state index is 0.123. The number of carbonyl (C=O) groups excluding carboxylic acids is 2. The number of methoxy groups -OCH3 is 2. The molecule has 1 aromatic carbocycles. The monoisotopic (exact) mass is 345 g/mol. The van der Waals surface area contributed by atoms with Crippen LogP contribution in [0.3, 0.4) is 0 Å². The Morgan fingerprint density at radius 3 is 2.76 bits per heavy atom. The van der Waals surface area contributed by atoms with Crippen LogP contribution in [0.5, 0.6) is 11.5 Å². The fraction of sp³-hybridized carbons (Fsp3) is 0.353. The molecule has 2 amide bonds. The lowest BCUT2D eigenvalue weighted by molar-refractivity contribution is -0.122. The summed E-state index contributed by atoms with van der Waals surface area (Å²) in [4.78, 5) is 26.3. The normalized spacial score (nSPS) is 16.8. The second-order valence-corrected chi connectivity index (χ2v) is 5.76. The summed E-state index contributed by atoms with van der Waals surface area (Å²) in [6.45, 7) is 2.00. The van der Waals surface area contributed by atoms with E-state index in [9.17, 15) is 9.59 Å². The highest BCUT2D eigenvalue weighted by atomic mass is 16.5. The molecule has 8 nitrogen and oxygen atoms in total. The Morgan fingerprint density at radius 2 is 2.12 bits per heavy atom. The Hall–Kier alpha value is -3.03. The topological polar surface area (TPSA) is 93.9 Å². The van der Waals surface area contributed by atoms with Crippen molar-refractivity contribution in [3.05, 3.63) is 30.0 Å². The fourth-order valence-electron chi connectivity index (χ4n) is 2.78. The third-order valence-electron chi connectivity index (χ3n) is 4.05. The summed E-state index contributed by atoms with van der Waals surface area (Å²) in [6, 6.07) is 6.82. The molecule has 132 valence electrons. The zero-order chi connectivity index (χ0) is 18.0. The summed E-state index contributed by atoms with van der Waals surface area (Å²) in [5.74, 6) is 1.20. The summed E-state index contributed by atoms with van der Waals surface area (Å²) in [5.41, 5.74) is 0.612. The van der Waals surface area contributed by atoms with E-state index in [2.05, 4.69) is 10.5 Å². The number of nitrogens with one attached hydrogen (secondary N) is 1. The Bertz CT molecular complexity index is 801. The predicted molar refractivity (Wildman–Crippen MR) is 89.9 cm³/mol. The van der Waals surface area contributed by atoms with Gasteiger partial charge >= 0.3 is 0 Å². The molecule has 0 radical (unpaired) electrons. The molecule has 2 aromatic rings. The highest BCUT2D eigenvalue weighted by Gasteiger charge is 2.36. The second-order valence-electron chi connectivity index (χ2n) is 5.76. The van der Waals surface area contributed by atoms with Gasteiger partial charge in [-0.05, 0) is 19.1 Å². The Kier molecular flexibility index (Phi) is 4.60. The number of anilines is 2. The van der Waals surface area contributed by atoms with Crippen molar-refractivity contribution in [1.29, 1.82) is 0 Å². The van der Waals surface area contributed by atoms with E-state index in [1.165, 1.54) is 7.11 Å². The van der Waals surface area contributed by atoms with Gasteiger partial charge in [-0.15, -0.1) is 0 Å². The predicted octanol–water partition coefficient (Wildman–Crippen LogP) is 1.99. The third kappa shape index (κ3) is 3.42. The molecular weight excluding hydrogens is 326 g/mol. The first kappa shape index (κ1) is 16.8. The standard InChI is InChI=1S/C17H19N3O5/c1-10-6-15(19-25-10)18-17(22)11-7-16(21)20(9-11)13-5-4-12(23-2)8-14(13)24-3/h4-6,8,11H,7,9H2,1-3H3,(H,18,19,22). The molecule has 1 N–H and O–H groups in total. The average Bonchev–Trinajstić information content (AvgIpc) is 3.19. The third-order valence-corrected chi connectivity index (χ3v) is 4.05. The van der Waals surface area contributed by atoms with Gasteiger partial charge in [0.15, 0.2) is 5.82 Å². The maximum absolute atomic E-state index is 12.4. The van der Waals surface area contributed by atoms with Crippen molar-refractivity contribution in [1.82, 2.24) is 5.16 Å². The van der Waals surface area contributed by atoms with Crippen LogP contribution in [0.2, 0.25) is 0 Å². The summed E-state index contributed by atoms with van der Waals surface area (Å²) >= 11 is 0. The van der Waals surface area contributed by atoms with Gasteiger partial charge in [0.2, 0.25) is 11.8 Å². The van der Waals surface area contributed by atoms with Crippen LogP contribution in [0.15, 0.2) is 28.8 Å². The molecule has 1 aromatic heterocycles. The lowest BCUT2D eigenvalue weighted by Crippen LogP contribution is -2.28. The highest BCUT2D eigenvalue weighted by Crippen LogP contribution is 2.36. The number of nitrogens with zero attached hydrogens (tertiary/aromatic N) is 2. The molecule has 25 heavy (non-hydrogen) atoms. The molecule has 8 heteroatoms. The van der Waals surface area contributed by atoms with Gasteiger partial charge in [-0.3, -0.25) is 9.59 Å². The molecule has 1 atom stereocenters. The van der Waals surface area contributed by atoms with E-state index in [0.717, 1.165) is 0 Å². The number of aryl methyl sites for hydroxylation is 1. The zero-order valence-electron chi connectivity index (χ0n) is 14.2. The lowest BCUT2D eigenvalue weighted by atomic mass is 10.1. The van der Waals surface area contributed by atoms with E-state index in [-0.39, 0.29) is 24.8 Å². The average molecular weight is 345 g/mol. The van der Waals surface area contributed by atoms with Crippen LogP contribution in [0.1, 0.15) is 12.2 Å². The first-order valence-corrected chi connectivity index (χ1v) is 7.78. The number of amides is 2. The van der Waals surface area contributed by atoms with Gasteiger partial charge in [0.05, 0.1) is 25.8 Å². The van der Waals surface area contributed by atoms with Crippen molar-refractivity contribution < 1.29 is 23.6 Å². The van der Waals surface area contributed by atoms with E-state index >= 15 is 0 Å². The SMILES string of the molecule is COc1ccc(N2CC(C(=O)Nc3cc(C)on3)CC2=O)c(OC)c1. The van der Waals surface area contributed by atoms with E-state index in [0.29, 0.717) is 28.8 Å². The summed E-state index contributed by atoms with van der Waals surface area (Å²) in [6.07, 6.45) is 0.123. The molecule has 1 fully saturated rings. The van der Waals surface area contributed by atoms with E-state index in [4.69, 9.17) is 14.0 Å². The molecule has 1 aliphatic rings. The summed E-state index contributed by atoms with van der Waals surface area (Å²) < 4.78 is 15.4. The van der Waals surface area contributed by atoms with Crippen LogP contribution in [-0.4, -0.2) is 37.7 Å². The van der Waals surface area contributed by atoms with Crippen molar-refractivity contribution in [2.24, 2.45) is 5.92 Å². The van der Waals surface area contributed by atoms with Gasteiger partial charge in [0.1, 0.15) is 17.3 Å². The Balaban J connectivity index is 1.75. The maximum Gasteiger partial charge on any atom is 0.231 e. The molecule has 0 saturated carbocycles. The van der Waals surface area contributed by atoms with Crippen molar-refractivity contribution in [2.75, 3.05) is 31.0 Å². The first-order chi connectivity index (χ1) is 12.0. The van der Waals surface area contributed by atoms with Crippen LogP contribution in [0.4, 0.5) is 11.5 Å². The molecule has 1 aliphatic heterocycles. The van der Waals surface area contributed by atoms with Crippen LogP contribution in [-0.2, 0) is 9.59 Å². The molecule has 1 saturated heterocycles. The van der Waals surface area contributed by atoms with Crippen molar-refractivity contribution >= 4 is 23.3 Å². The van der Waals surface area contributed by atoms with Gasteiger partial charge in [-0.1, -0.05) is 5.16 Å². The molecule has 0 aliphatic carbocycles. The number of carbonyl (C=O) groups is 2.